The summed E-state index contributed by atoms with van der Waals surface area (Å²) in [7, 11) is 0. The molecule has 1 aliphatic rings. The van der Waals surface area contributed by atoms with Crippen molar-refractivity contribution in [1.29, 1.82) is 5.26 Å². The minimum absolute atomic E-state index is 0.0668. The van der Waals surface area contributed by atoms with E-state index in [9.17, 15) is 9.59 Å². The molecule has 0 bridgehead atoms. The van der Waals surface area contributed by atoms with Crippen LogP contribution >= 0.6 is 24.0 Å². The molecule has 0 saturated carbocycles. The Morgan fingerprint density at radius 3 is 2.74 bits per heavy atom. The van der Waals surface area contributed by atoms with Crippen LogP contribution in [0.2, 0.25) is 0 Å². The number of piperidine rings is 1. The standard InChI is InChI=1S/C19H23N3O3S2/c1-13-7-9-22(10-8-13)19(26)27-12-17(23)25-14(2)18(24)21-16-6-4-3-5-15(16)11-20/h3-6,13-14H,7-10,12H2,1-2H3,(H,21,24)/t14-/m1/s1. The van der Waals surface area contributed by atoms with Crippen LogP contribution in [-0.4, -0.2) is 46.0 Å². The van der Waals surface area contributed by atoms with Gasteiger partial charge >= 0.3 is 5.97 Å². The highest BCUT2D eigenvalue weighted by atomic mass is 32.2. The largest absolute Gasteiger partial charge is 0.452 e. The number of thioether (sulfide) groups is 1. The van der Waals surface area contributed by atoms with Crippen molar-refractivity contribution < 1.29 is 14.3 Å². The summed E-state index contributed by atoms with van der Waals surface area (Å²) in [6.45, 7) is 5.56. The number of rotatable bonds is 5. The molecule has 1 N–H and O–H groups in total. The molecule has 6 nitrogen and oxygen atoms in total. The maximum atomic E-state index is 12.2. The van der Waals surface area contributed by atoms with Gasteiger partial charge in [0, 0.05) is 13.1 Å². The van der Waals surface area contributed by atoms with Crippen molar-refractivity contribution in [2.45, 2.75) is 32.8 Å². The Bertz CT molecular complexity index is 740. The number of amides is 1. The van der Waals surface area contributed by atoms with Gasteiger partial charge in [-0.25, -0.2) is 0 Å². The first kappa shape index (κ1) is 21.2. The van der Waals surface area contributed by atoms with E-state index < -0.39 is 18.0 Å². The second kappa shape index (κ2) is 10.3. The van der Waals surface area contributed by atoms with Gasteiger partial charge in [0.1, 0.15) is 10.4 Å². The second-order valence-electron chi connectivity index (χ2n) is 6.50. The van der Waals surface area contributed by atoms with Crippen LogP contribution in [0.25, 0.3) is 0 Å². The molecule has 8 heteroatoms. The summed E-state index contributed by atoms with van der Waals surface area (Å²) in [6, 6.07) is 8.65. The summed E-state index contributed by atoms with van der Waals surface area (Å²) in [5, 5.41) is 11.7. The highest BCUT2D eigenvalue weighted by Gasteiger charge is 2.21. The number of hydrogen-bond donors (Lipinski definition) is 1. The summed E-state index contributed by atoms with van der Waals surface area (Å²) in [5.41, 5.74) is 0.740. The second-order valence-corrected chi connectivity index (χ2v) is 8.11. The molecule has 0 aliphatic carbocycles. The van der Waals surface area contributed by atoms with Crippen LogP contribution in [0.3, 0.4) is 0 Å². The van der Waals surface area contributed by atoms with E-state index in [1.807, 2.05) is 6.07 Å². The number of esters is 1. The van der Waals surface area contributed by atoms with Crippen LogP contribution in [0.4, 0.5) is 5.69 Å². The zero-order valence-electron chi connectivity index (χ0n) is 15.4. The van der Waals surface area contributed by atoms with Crippen LogP contribution in [0, 0.1) is 17.2 Å². The number of para-hydroxylation sites is 1. The van der Waals surface area contributed by atoms with E-state index in [1.165, 1.54) is 18.7 Å². The third-order valence-electron chi connectivity index (χ3n) is 4.34. The van der Waals surface area contributed by atoms with Gasteiger partial charge in [0.15, 0.2) is 6.10 Å². The van der Waals surface area contributed by atoms with E-state index in [2.05, 4.69) is 17.1 Å². The Morgan fingerprint density at radius 2 is 2.07 bits per heavy atom. The number of thiocarbonyl (C=S) groups is 1. The molecule has 2 rings (SSSR count). The predicted molar refractivity (Wildman–Crippen MR) is 110 cm³/mol. The molecule has 0 unspecified atom stereocenters. The molecule has 1 saturated heterocycles. The lowest BCUT2D eigenvalue weighted by molar-refractivity contribution is -0.150. The minimum Gasteiger partial charge on any atom is -0.452 e. The summed E-state index contributed by atoms with van der Waals surface area (Å²) in [4.78, 5) is 26.3. The third kappa shape index (κ3) is 6.52. The van der Waals surface area contributed by atoms with E-state index in [0.717, 1.165) is 25.9 Å². The molecule has 1 amide bonds. The highest BCUT2D eigenvalue weighted by Crippen LogP contribution is 2.20. The van der Waals surface area contributed by atoms with Gasteiger partial charge in [-0.05, 0) is 37.8 Å². The van der Waals surface area contributed by atoms with E-state index in [-0.39, 0.29) is 5.75 Å². The number of anilines is 1. The number of carbonyl (C=O) groups excluding carboxylic acids is 2. The Morgan fingerprint density at radius 1 is 1.41 bits per heavy atom. The highest BCUT2D eigenvalue weighted by molar-refractivity contribution is 8.23. The third-order valence-corrected chi connectivity index (χ3v) is 5.84. The van der Waals surface area contributed by atoms with E-state index in [1.54, 1.807) is 24.3 Å². The summed E-state index contributed by atoms with van der Waals surface area (Å²) in [6.07, 6.45) is 1.24. The lowest BCUT2D eigenvalue weighted by Gasteiger charge is -2.31. The Kier molecular flexibility index (Phi) is 8.07. The molecule has 1 aliphatic heterocycles. The zero-order valence-corrected chi connectivity index (χ0v) is 17.1. The average molecular weight is 406 g/mol. The molecule has 144 valence electrons. The van der Waals surface area contributed by atoms with Crippen LogP contribution in [0.5, 0.6) is 0 Å². The van der Waals surface area contributed by atoms with Crippen molar-refractivity contribution in [3.8, 4) is 6.07 Å². The molecular weight excluding hydrogens is 382 g/mol. The number of likely N-dealkylation sites (tertiary alicyclic amines) is 1. The minimum atomic E-state index is -0.964. The van der Waals surface area contributed by atoms with E-state index in [4.69, 9.17) is 22.2 Å². The van der Waals surface area contributed by atoms with E-state index >= 15 is 0 Å². The van der Waals surface area contributed by atoms with Crippen molar-refractivity contribution in [2.75, 3.05) is 24.2 Å². The van der Waals surface area contributed by atoms with Crippen molar-refractivity contribution in [3.63, 3.8) is 0 Å². The molecule has 1 aromatic rings. The Hall–Kier alpha value is -2.11. The van der Waals surface area contributed by atoms with Crippen molar-refractivity contribution in [3.05, 3.63) is 29.8 Å². The monoisotopic (exact) mass is 405 g/mol. The molecule has 0 spiro atoms. The fourth-order valence-corrected chi connectivity index (χ4v) is 3.65. The van der Waals surface area contributed by atoms with Crippen molar-refractivity contribution in [2.24, 2.45) is 5.92 Å². The van der Waals surface area contributed by atoms with Gasteiger partial charge in [0.2, 0.25) is 0 Å². The fraction of sp³-hybridized carbons (Fsp3) is 0.474. The number of nitrogens with one attached hydrogen (secondary N) is 1. The molecule has 27 heavy (non-hydrogen) atoms. The van der Waals surface area contributed by atoms with Crippen molar-refractivity contribution >= 4 is 45.9 Å². The van der Waals surface area contributed by atoms with Gasteiger partial charge < -0.3 is 15.0 Å². The smallest absolute Gasteiger partial charge is 0.317 e. The first-order chi connectivity index (χ1) is 12.9. The van der Waals surface area contributed by atoms with Crippen LogP contribution < -0.4 is 5.32 Å². The Balaban J connectivity index is 1.77. The van der Waals surface area contributed by atoms with Gasteiger partial charge in [0.25, 0.3) is 5.91 Å². The number of ether oxygens (including phenoxy) is 1. The molecule has 0 aromatic heterocycles. The van der Waals surface area contributed by atoms with Gasteiger partial charge in [-0.15, -0.1) is 0 Å². The molecule has 0 radical (unpaired) electrons. The average Bonchev–Trinajstić information content (AvgIpc) is 2.67. The SMILES string of the molecule is CC1CCN(C(=S)SCC(=O)O[C@H](C)C(=O)Nc2ccccc2C#N)CC1. The lowest BCUT2D eigenvalue weighted by atomic mass is 10.00. The fourth-order valence-electron chi connectivity index (χ4n) is 2.61. The summed E-state index contributed by atoms with van der Waals surface area (Å²) in [5.74, 6) is -0.200. The number of carbonyl (C=O) groups is 2. The van der Waals surface area contributed by atoms with Crippen LogP contribution in [-0.2, 0) is 14.3 Å². The molecule has 1 aromatic carbocycles. The van der Waals surface area contributed by atoms with Gasteiger partial charge in [-0.2, -0.15) is 5.26 Å². The predicted octanol–water partition coefficient (Wildman–Crippen LogP) is 3.18. The van der Waals surface area contributed by atoms with Crippen LogP contribution in [0.1, 0.15) is 32.3 Å². The number of nitriles is 1. The van der Waals surface area contributed by atoms with Gasteiger partial charge in [-0.1, -0.05) is 43.0 Å². The molecule has 1 heterocycles. The first-order valence-electron chi connectivity index (χ1n) is 8.82. The molecular formula is C19H23N3O3S2. The lowest BCUT2D eigenvalue weighted by Crippen LogP contribution is -2.36. The van der Waals surface area contributed by atoms with Gasteiger partial charge in [0.05, 0.1) is 17.0 Å². The molecule has 1 atom stereocenters. The topological polar surface area (TPSA) is 82.4 Å². The number of hydrogen-bond acceptors (Lipinski definition) is 6. The maximum Gasteiger partial charge on any atom is 0.317 e. The Labute approximate surface area is 169 Å². The maximum absolute atomic E-state index is 12.2. The van der Waals surface area contributed by atoms with Gasteiger partial charge in [-0.3, -0.25) is 9.59 Å². The first-order valence-corrected chi connectivity index (χ1v) is 10.2. The zero-order chi connectivity index (χ0) is 19.8. The van der Waals surface area contributed by atoms with Crippen molar-refractivity contribution in [1.82, 2.24) is 4.90 Å². The van der Waals surface area contributed by atoms with E-state index in [0.29, 0.717) is 21.5 Å². The number of benzene rings is 1. The quantitative estimate of drug-likeness (QED) is 0.595. The van der Waals surface area contributed by atoms with Crippen LogP contribution in [0.15, 0.2) is 24.3 Å². The summed E-state index contributed by atoms with van der Waals surface area (Å²) >= 11 is 6.65. The number of nitrogens with zero attached hydrogens (tertiary/aromatic N) is 2. The molecule has 1 fully saturated rings. The summed E-state index contributed by atoms with van der Waals surface area (Å²) < 4.78 is 5.87. The normalized spacial score (nSPS) is 15.5.